The zero-order valence-corrected chi connectivity index (χ0v) is 13.7. The molecule has 1 heterocycles. The molecule has 1 aliphatic rings. The Morgan fingerprint density at radius 2 is 2.14 bits per heavy atom. The average molecular weight is 307 g/mol. The van der Waals surface area contributed by atoms with E-state index >= 15 is 0 Å². The summed E-state index contributed by atoms with van der Waals surface area (Å²) >= 11 is 0. The molecular formula is C16H25N3O3. The van der Waals surface area contributed by atoms with Gasteiger partial charge in [-0.2, -0.15) is 5.10 Å². The first-order chi connectivity index (χ1) is 10.1. The number of carbonyl (C=O) groups is 2. The Morgan fingerprint density at radius 1 is 1.45 bits per heavy atom. The number of nitrogens with one attached hydrogen (secondary N) is 1. The van der Waals surface area contributed by atoms with E-state index in [-0.39, 0.29) is 17.2 Å². The number of anilines is 1. The van der Waals surface area contributed by atoms with Crippen LogP contribution in [0.3, 0.4) is 0 Å². The molecule has 0 bridgehead atoms. The molecule has 1 aromatic heterocycles. The standard InChI is InChI=1S/C16H25N3O3/c1-15(2)7-5-6-11(8-15)13(20)18-12-9-17-19(10-12)16(3,4)14(21)22/h9-11H,5-8H2,1-4H3,(H,18,20)(H,21,22). The van der Waals surface area contributed by atoms with Crippen LogP contribution in [0.2, 0.25) is 0 Å². The van der Waals surface area contributed by atoms with E-state index in [4.69, 9.17) is 0 Å². The molecule has 1 aromatic rings. The predicted octanol–water partition coefficient (Wildman–Crippen LogP) is 2.86. The Hall–Kier alpha value is -1.85. The predicted molar refractivity (Wildman–Crippen MR) is 83.6 cm³/mol. The maximum atomic E-state index is 12.4. The molecule has 1 amide bonds. The van der Waals surface area contributed by atoms with Crippen LogP contribution in [0.5, 0.6) is 0 Å². The highest BCUT2D eigenvalue weighted by molar-refractivity contribution is 5.92. The summed E-state index contributed by atoms with van der Waals surface area (Å²) in [6, 6.07) is 0. The highest BCUT2D eigenvalue weighted by Crippen LogP contribution is 2.38. The van der Waals surface area contributed by atoms with Crippen LogP contribution >= 0.6 is 0 Å². The fourth-order valence-corrected chi connectivity index (χ4v) is 2.96. The molecular weight excluding hydrogens is 282 g/mol. The van der Waals surface area contributed by atoms with Crippen LogP contribution in [0.1, 0.15) is 53.4 Å². The second-order valence-corrected chi connectivity index (χ2v) is 7.48. The first-order valence-corrected chi connectivity index (χ1v) is 7.71. The summed E-state index contributed by atoms with van der Waals surface area (Å²) in [5.41, 5.74) is -0.395. The number of rotatable bonds is 4. The van der Waals surface area contributed by atoms with Gasteiger partial charge >= 0.3 is 5.97 Å². The van der Waals surface area contributed by atoms with Gasteiger partial charge in [0, 0.05) is 12.1 Å². The van der Waals surface area contributed by atoms with Crippen LogP contribution in [-0.2, 0) is 15.1 Å². The highest BCUT2D eigenvalue weighted by atomic mass is 16.4. The van der Waals surface area contributed by atoms with Gasteiger partial charge in [-0.05, 0) is 38.5 Å². The quantitative estimate of drug-likeness (QED) is 0.896. The third-order valence-electron chi connectivity index (χ3n) is 4.52. The number of aromatic nitrogens is 2. The minimum absolute atomic E-state index is 0.000422. The molecule has 22 heavy (non-hydrogen) atoms. The van der Waals surface area contributed by atoms with Gasteiger partial charge in [0.15, 0.2) is 5.54 Å². The third-order valence-corrected chi connectivity index (χ3v) is 4.52. The molecule has 0 aromatic carbocycles. The second-order valence-electron chi connectivity index (χ2n) is 7.48. The van der Waals surface area contributed by atoms with Crippen LogP contribution in [0, 0.1) is 11.3 Å². The average Bonchev–Trinajstić information content (AvgIpc) is 2.86. The molecule has 1 aliphatic carbocycles. The Labute approximate surface area is 130 Å². The van der Waals surface area contributed by atoms with E-state index in [1.165, 1.54) is 10.9 Å². The van der Waals surface area contributed by atoms with Crippen LogP contribution < -0.4 is 5.32 Å². The van der Waals surface area contributed by atoms with Crippen LogP contribution in [0.15, 0.2) is 12.4 Å². The number of aliphatic carboxylic acids is 1. The van der Waals surface area contributed by atoms with E-state index < -0.39 is 11.5 Å². The lowest BCUT2D eigenvalue weighted by atomic mass is 9.72. The van der Waals surface area contributed by atoms with Gasteiger partial charge in [0.25, 0.3) is 0 Å². The maximum absolute atomic E-state index is 12.4. The molecule has 6 heteroatoms. The molecule has 0 aliphatic heterocycles. The molecule has 1 saturated carbocycles. The Balaban J connectivity index is 2.04. The lowest BCUT2D eigenvalue weighted by Crippen LogP contribution is -2.36. The summed E-state index contributed by atoms with van der Waals surface area (Å²) in [5.74, 6) is -0.956. The summed E-state index contributed by atoms with van der Waals surface area (Å²) in [6.45, 7) is 7.52. The zero-order valence-electron chi connectivity index (χ0n) is 13.7. The monoisotopic (exact) mass is 307 g/mol. The lowest BCUT2D eigenvalue weighted by molar-refractivity contribution is -0.146. The van der Waals surface area contributed by atoms with Crippen LogP contribution in [0.4, 0.5) is 5.69 Å². The lowest BCUT2D eigenvalue weighted by Gasteiger charge is -2.34. The number of carbonyl (C=O) groups excluding carboxylic acids is 1. The largest absolute Gasteiger partial charge is 0.479 e. The van der Waals surface area contributed by atoms with Crippen molar-refractivity contribution in [3.8, 4) is 0 Å². The number of amides is 1. The smallest absolute Gasteiger partial charge is 0.331 e. The van der Waals surface area contributed by atoms with Gasteiger partial charge in [0.2, 0.25) is 5.91 Å². The molecule has 1 fully saturated rings. The van der Waals surface area contributed by atoms with Gasteiger partial charge in [-0.25, -0.2) is 4.79 Å². The third kappa shape index (κ3) is 3.48. The molecule has 1 unspecified atom stereocenters. The van der Waals surface area contributed by atoms with Crippen LogP contribution in [0.25, 0.3) is 0 Å². The van der Waals surface area contributed by atoms with E-state index in [1.54, 1.807) is 20.0 Å². The van der Waals surface area contributed by atoms with Gasteiger partial charge in [-0.3, -0.25) is 9.48 Å². The van der Waals surface area contributed by atoms with Crippen molar-refractivity contribution in [2.75, 3.05) is 5.32 Å². The fourth-order valence-electron chi connectivity index (χ4n) is 2.96. The minimum Gasteiger partial charge on any atom is -0.479 e. The Bertz CT molecular complexity index is 575. The molecule has 0 radical (unpaired) electrons. The van der Waals surface area contributed by atoms with Gasteiger partial charge < -0.3 is 10.4 Å². The summed E-state index contributed by atoms with van der Waals surface area (Å²) in [6.07, 6.45) is 7.08. The summed E-state index contributed by atoms with van der Waals surface area (Å²) in [5, 5.41) is 16.1. The Morgan fingerprint density at radius 3 is 2.73 bits per heavy atom. The van der Waals surface area contributed by atoms with Crippen molar-refractivity contribution in [3.05, 3.63) is 12.4 Å². The van der Waals surface area contributed by atoms with E-state index in [2.05, 4.69) is 24.3 Å². The number of hydrogen-bond acceptors (Lipinski definition) is 3. The molecule has 1 atom stereocenters. The van der Waals surface area contributed by atoms with E-state index in [0.717, 1.165) is 25.7 Å². The van der Waals surface area contributed by atoms with Crippen molar-refractivity contribution in [2.24, 2.45) is 11.3 Å². The number of carboxylic acid groups (broad SMARTS) is 1. The van der Waals surface area contributed by atoms with Gasteiger partial charge in [-0.15, -0.1) is 0 Å². The summed E-state index contributed by atoms with van der Waals surface area (Å²) in [7, 11) is 0. The van der Waals surface area contributed by atoms with Crippen molar-refractivity contribution in [3.63, 3.8) is 0 Å². The van der Waals surface area contributed by atoms with E-state index in [1.807, 2.05) is 0 Å². The normalized spacial score (nSPS) is 21.4. The number of nitrogens with zero attached hydrogens (tertiary/aromatic N) is 2. The summed E-state index contributed by atoms with van der Waals surface area (Å²) in [4.78, 5) is 23.6. The SMILES string of the molecule is CC1(C)CCCC(C(=O)Nc2cnn(C(C)(C)C(=O)O)c2)C1. The molecule has 122 valence electrons. The molecule has 6 nitrogen and oxygen atoms in total. The highest BCUT2D eigenvalue weighted by Gasteiger charge is 2.33. The first kappa shape index (κ1) is 16.5. The molecule has 2 rings (SSSR count). The van der Waals surface area contributed by atoms with E-state index in [0.29, 0.717) is 5.69 Å². The number of hydrogen-bond donors (Lipinski definition) is 2. The molecule has 0 spiro atoms. The maximum Gasteiger partial charge on any atom is 0.331 e. The van der Waals surface area contributed by atoms with Gasteiger partial charge in [0.05, 0.1) is 11.9 Å². The molecule has 0 saturated heterocycles. The first-order valence-electron chi connectivity index (χ1n) is 7.71. The minimum atomic E-state index is -1.14. The van der Waals surface area contributed by atoms with Gasteiger partial charge in [0.1, 0.15) is 0 Å². The van der Waals surface area contributed by atoms with Crippen molar-refractivity contribution in [1.82, 2.24) is 9.78 Å². The number of carboxylic acids is 1. The van der Waals surface area contributed by atoms with Crippen molar-refractivity contribution >= 4 is 17.6 Å². The fraction of sp³-hybridized carbons (Fsp3) is 0.688. The summed E-state index contributed by atoms with van der Waals surface area (Å²) < 4.78 is 1.36. The van der Waals surface area contributed by atoms with Crippen molar-refractivity contribution in [1.29, 1.82) is 0 Å². The van der Waals surface area contributed by atoms with Crippen molar-refractivity contribution < 1.29 is 14.7 Å². The second kappa shape index (κ2) is 5.74. The van der Waals surface area contributed by atoms with E-state index in [9.17, 15) is 14.7 Å². The van der Waals surface area contributed by atoms with Gasteiger partial charge in [-0.1, -0.05) is 20.3 Å². The van der Waals surface area contributed by atoms with Crippen molar-refractivity contribution in [2.45, 2.75) is 58.9 Å². The van der Waals surface area contributed by atoms with Crippen LogP contribution in [-0.4, -0.2) is 26.8 Å². The topological polar surface area (TPSA) is 84.2 Å². The Kier molecular flexibility index (Phi) is 4.31. The zero-order chi connectivity index (χ0) is 16.5. The molecule has 2 N–H and O–H groups in total.